The van der Waals surface area contributed by atoms with Crippen LogP contribution in [0.25, 0.3) is 0 Å². The molecule has 1 aliphatic rings. The van der Waals surface area contributed by atoms with Gasteiger partial charge >= 0.3 is 5.97 Å². The Hall–Kier alpha value is -4.56. The second-order valence-corrected chi connectivity index (χ2v) is 9.61. The van der Waals surface area contributed by atoms with Crippen LogP contribution >= 0.6 is 11.8 Å². The lowest BCUT2D eigenvalue weighted by Gasteiger charge is -2.29. The fourth-order valence-corrected chi connectivity index (χ4v) is 4.65. The number of ether oxygens (including phenoxy) is 3. The Morgan fingerprint density at radius 1 is 1.18 bits per heavy atom. The van der Waals surface area contributed by atoms with Crippen LogP contribution in [-0.2, 0) is 4.74 Å². The molecule has 0 spiro atoms. The number of anilines is 3. The third-order valence-corrected chi connectivity index (χ3v) is 6.71. The number of methoxy groups -OCH3 is 1. The van der Waals surface area contributed by atoms with Crippen LogP contribution in [0.5, 0.6) is 11.5 Å². The number of rotatable bonds is 9. The molecule has 0 amide bonds. The number of carbonyl (C=O) groups is 1. The summed E-state index contributed by atoms with van der Waals surface area (Å²) in [6.07, 6.45) is 0. The number of carbonyl (C=O) groups excluding carboxylic acids is 1. The van der Waals surface area contributed by atoms with Crippen molar-refractivity contribution in [2.24, 2.45) is 5.18 Å². The lowest BCUT2D eigenvalue weighted by atomic mass is 10.2. The first-order valence-corrected chi connectivity index (χ1v) is 13.0. The minimum absolute atomic E-state index is 0.189. The summed E-state index contributed by atoms with van der Waals surface area (Å²) in [7, 11) is 1.56. The van der Waals surface area contributed by atoms with Crippen molar-refractivity contribution < 1.29 is 23.4 Å². The number of nitroso groups, excluding NO2 is 1. The van der Waals surface area contributed by atoms with Gasteiger partial charge in [-0.3, -0.25) is 5.10 Å². The normalized spacial score (nSPS) is 13.1. The SMILES string of the molecule is COc1c(Nc2cc(C)[nH]n2)nc(Sc2ccc(C(=O)Oc3cccc(N=O)c3F)cc2)nc1N1CCOCC1. The summed E-state index contributed by atoms with van der Waals surface area (Å²) in [6.45, 7) is 4.30. The van der Waals surface area contributed by atoms with Gasteiger partial charge in [-0.2, -0.15) is 5.10 Å². The lowest BCUT2D eigenvalue weighted by Crippen LogP contribution is -2.37. The molecule has 0 bridgehead atoms. The minimum atomic E-state index is -1.000. The molecule has 2 aromatic carbocycles. The molecular weight excluding hydrogens is 541 g/mol. The highest BCUT2D eigenvalue weighted by Crippen LogP contribution is 2.38. The fourth-order valence-electron chi connectivity index (χ4n) is 3.90. The van der Waals surface area contributed by atoms with E-state index in [0.29, 0.717) is 54.7 Å². The number of nitrogens with one attached hydrogen (secondary N) is 2. The molecule has 206 valence electrons. The summed E-state index contributed by atoms with van der Waals surface area (Å²) >= 11 is 1.28. The van der Waals surface area contributed by atoms with Crippen molar-refractivity contribution in [2.45, 2.75) is 17.0 Å². The summed E-state index contributed by atoms with van der Waals surface area (Å²) < 4.78 is 30.6. The van der Waals surface area contributed by atoms with Gasteiger partial charge in [-0.1, -0.05) is 6.07 Å². The Balaban J connectivity index is 1.39. The van der Waals surface area contributed by atoms with E-state index in [1.165, 1.54) is 30.0 Å². The van der Waals surface area contributed by atoms with Gasteiger partial charge < -0.3 is 24.4 Å². The number of nitrogens with zero attached hydrogens (tertiary/aromatic N) is 5. The van der Waals surface area contributed by atoms with Crippen molar-refractivity contribution in [1.82, 2.24) is 20.2 Å². The predicted octanol–water partition coefficient (Wildman–Crippen LogP) is 5.00. The Kier molecular flexibility index (Phi) is 8.17. The Morgan fingerprint density at radius 2 is 1.95 bits per heavy atom. The lowest BCUT2D eigenvalue weighted by molar-refractivity contribution is 0.0728. The van der Waals surface area contributed by atoms with E-state index in [1.54, 1.807) is 31.4 Å². The molecule has 5 rings (SSSR count). The van der Waals surface area contributed by atoms with Crippen LogP contribution in [0.1, 0.15) is 16.1 Å². The second kappa shape index (κ2) is 12.1. The van der Waals surface area contributed by atoms with Crippen molar-refractivity contribution in [3.05, 3.63) is 70.5 Å². The minimum Gasteiger partial charge on any atom is -0.490 e. The number of aryl methyl sites for hydroxylation is 1. The van der Waals surface area contributed by atoms with E-state index < -0.39 is 17.5 Å². The van der Waals surface area contributed by atoms with Crippen molar-refractivity contribution >= 4 is 40.9 Å². The fraction of sp³-hybridized carbons (Fsp3) is 0.231. The number of morpholine rings is 1. The topological polar surface area (TPSA) is 144 Å². The van der Waals surface area contributed by atoms with Gasteiger partial charge in [0, 0.05) is 29.7 Å². The predicted molar refractivity (Wildman–Crippen MR) is 146 cm³/mol. The molecule has 3 heterocycles. The molecule has 1 aliphatic heterocycles. The van der Waals surface area contributed by atoms with Gasteiger partial charge in [0.1, 0.15) is 5.69 Å². The molecule has 0 radical (unpaired) electrons. The van der Waals surface area contributed by atoms with Gasteiger partial charge in [-0.25, -0.2) is 19.2 Å². The van der Waals surface area contributed by atoms with Gasteiger partial charge in [-0.05, 0) is 60.3 Å². The van der Waals surface area contributed by atoms with Gasteiger partial charge in [0.2, 0.25) is 5.75 Å². The Morgan fingerprint density at radius 3 is 2.62 bits per heavy atom. The molecule has 0 saturated carbocycles. The average molecular weight is 566 g/mol. The Labute approximate surface area is 232 Å². The molecule has 4 aromatic rings. The summed E-state index contributed by atoms with van der Waals surface area (Å²) in [5.41, 5.74) is 0.631. The van der Waals surface area contributed by atoms with Crippen LogP contribution in [0.4, 0.5) is 27.5 Å². The van der Waals surface area contributed by atoms with Crippen LogP contribution in [0.15, 0.2) is 63.8 Å². The van der Waals surface area contributed by atoms with E-state index in [-0.39, 0.29) is 11.3 Å². The quantitative estimate of drug-likeness (QED) is 0.122. The van der Waals surface area contributed by atoms with E-state index >= 15 is 0 Å². The largest absolute Gasteiger partial charge is 0.490 e. The number of hydrogen-bond donors (Lipinski definition) is 2. The third-order valence-electron chi connectivity index (χ3n) is 5.84. The zero-order valence-corrected chi connectivity index (χ0v) is 22.3. The molecule has 0 atom stereocenters. The number of H-pyrrole nitrogens is 1. The molecule has 2 aromatic heterocycles. The van der Waals surface area contributed by atoms with Gasteiger partial charge in [0.15, 0.2) is 34.2 Å². The first-order valence-electron chi connectivity index (χ1n) is 12.1. The molecule has 2 N–H and O–H groups in total. The molecule has 1 saturated heterocycles. The van der Waals surface area contributed by atoms with Crippen LogP contribution in [0.2, 0.25) is 0 Å². The second-order valence-electron chi connectivity index (χ2n) is 8.57. The van der Waals surface area contributed by atoms with E-state index in [9.17, 15) is 14.1 Å². The summed E-state index contributed by atoms with van der Waals surface area (Å²) in [6, 6.07) is 12.1. The van der Waals surface area contributed by atoms with Gasteiger partial charge in [0.05, 0.1) is 25.9 Å². The van der Waals surface area contributed by atoms with Crippen LogP contribution in [-0.4, -0.2) is 59.5 Å². The molecule has 0 unspecified atom stereocenters. The van der Waals surface area contributed by atoms with E-state index in [4.69, 9.17) is 19.2 Å². The molecule has 0 aliphatic carbocycles. The van der Waals surface area contributed by atoms with E-state index in [2.05, 4.69) is 30.6 Å². The smallest absolute Gasteiger partial charge is 0.343 e. The molecule has 14 heteroatoms. The van der Waals surface area contributed by atoms with Crippen LogP contribution in [0.3, 0.4) is 0 Å². The maximum Gasteiger partial charge on any atom is 0.343 e. The molecular formula is C26H24FN7O5S. The van der Waals surface area contributed by atoms with Crippen molar-refractivity contribution in [2.75, 3.05) is 43.6 Å². The highest BCUT2D eigenvalue weighted by molar-refractivity contribution is 7.99. The first-order chi connectivity index (χ1) is 19.4. The average Bonchev–Trinajstić information content (AvgIpc) is 3.39. The van der Waals surface area contributed by atoms with Crippen LogP contribution < -0.4 is 19.7 Å². The first kappa shape index (κ1) is 27.0. The maximum atomic E-state index is 14.2. The molecule has 1 fully saturated rings. The molecule has 40 heavy (non-hydrogen) atoms. The zero-order chi connectivity index (χ0) is 28.1. The van der Waals surface area contributed by atoms with Gasteiger partial charge in [-0.15, -0.1) is 4.91 Å². The zero-order valence-electron chi connectivity index (χ0n) is 21.5. The van der Waals surface area contributed by atoms with Crippen molar-refractivity contribution in [1.29, 1.82) is 0 Å². The number of aromatic nitrogens is 4. The number of aromatic amines is 1. The number of esters is 1. The summed E-state index contributed by atoms with van der Waals surface area (Å²) in [4.78, 5) is 35.5. The summed E-state index contributed by atoms with van der Waals surface area (Å²) in [5.74, 6) is -0.0440. The van der Waals surface area contributed by atoms with Crippen LogP contribution in [0, 0.1) is 17.6 Å². The number of halogens is 1. The third kappa shape index (κ3) is 6.02. The van der Waals surface area contributed by atoms with Crippen molar-refractivity contribution in [3.8, 4) is 11.5 Å². The van der Waals surface area contributed by atoms with Crippen molar-refractivity contribution in [3.63, 3.8) is 0 Å². The number of benzene rings is 2. The summed E-state index contributed by atoms with van der Waals surface area (Å²) in [5, 5.41) is 13.3. The van der Waals surface area contributed by atoms with E-state index in [0.717, 1.165) is 10.6 Å². The molecule has 12 nitrogen and oxygen atoms in total. The van der Waals surface area contributed by atoms with Gasteiger partial charge in [0.25, 0.3) is 0 Å². The maximum absolute atomic E-state index is 14.2. The standard InChI is InChI=1S/C26H24FN7O5S/c1-15-14-20(32-31-15)28-23-22(37-2)24(34-10-12-38-13-11-34)30-26(29-23)40-17-8-6-16(7-9-17)25(35)39-19-5-3-4-18(33-36)21(19)27/h3-9,14H,10-13H2,1-2H3,(H2,28,29,30,31,32). The highest BCUT2D eigenvalue weighted by Gasteiger charge is 2.24. The highest BCUT2D eigenvalue weighted by atomic mass is 32.2. The monoisotopic (exact) mass is 565 g/mol. The van der Waals surface area contributed by atoms with E-state index in [1.807, 2.05) is 13.0 Å². The Bertz CT molecular complexity index is 1530. The number of hydrogen-bond acceptors (Lipinski definition) is 12.